The van der Waals surface area contributed by atoms with Crippen LogP contribution in [0.3, 0.4) is 0 Å². The van der Waals surface area contributed by atoms with Gasteiger partial charge in [0.25, 0.3) is 0 Å². The van der Waals surface area contributed by atoms with Crippen molar-refractivity contribution in [1.82, 2.24) is 39.6 Å². The Kier molecular flexibility index (Phi) is 9.09. The van der Waals surface area contributed by atoms with Crippen LogP contribution in [0.25, 0.3) is 22.2 Å². The number of rotatable bonds is 11. The Bertz CT molecular complexity index is 2130. The minimum Gasteiger partial charge on any atom is -0.459 e. The molecule has 50 heavy (non-hydrogen) atoms. The van der Waals surface area contributed by atoms with Crippen LogP contribution in [-0.4, -0.2) is 78.3 Å². The van der Waals surface area contributed by atoms with Crippen LogP contribution in [0.2, 0.25) is 0 Å². The fourth-order valence-corrected chi connectivity index (χ4v) is 6.14. The molecule has 0 bridgehead atoms. The quantitative estimate of drug-likeness (QED) is 0.164. The number of halogens is 1. The molecule has 0 radical (unpaired) electrons. The van der Waals surface area contributed by atoms with Crippen molar-refractivity contribution in [1.29, 1.82) is 0 Å². The fraction of sp³-hybridized carbons (Fsp3) is 0.278. The van der Waals surface area contributed by atoms with Crippen LogP contribution in [-0.2, 0) is 18.4 Å². The summed E-state index contributed by atoms with van der Waals surface area (Å²) in [5.74, 6) is 0.611. The molecule has 1 fully saturated rings. The summed E-state index contributed by atoms with van der Waals surface area (Å²) >= 11 is 0. The van der Waals surface area contributed by atoms with Gasteiger partial charge in [-0.25, -0.2) is 19.3 Å². The first-order valence-corrected chi connectivity index (χ1v) is 16.4. The minimum absolute atomic E-state index is 0.112. The highest BCUT2D eigenvalue weighted by Gasteiger charge is 2.27. The molecule has 3 N–H and O–H groups in total. The van der Waals surface area contributed by atoms with Gasteiger partial charge in [0.2, 0.25) is 11.9 Å². The molecule has 7 rings (SSSR count). The maximum Gasteiger partial charge on any atom is 0.318 e. The first-order valence-electron chi connectivity index (χ1n) is 16.4. The summed E-state index contributed by atoms with van der Waals surface area (Å²) < 4.78 is 22.5. The van der Waals surface area contributed by atoms with Gasteiger partial charge in [0, 0.05) is 68.8 Å². The van der Waals surface area contributed by atoms with Crippen LogP contribution >= 0.6 is 0 Å². The SMILES string of the molecule is Cc1cnc(Nc2cc(C)n(C)n2)nc1-c1c[nH]c2c(NC(=O)CN3CC[C@H](Oc4ncc(F)c(N(C)Cc5ccccc5)n4)C3)cccc12. The molecule has 13 nitrogen and oxygen atoms in total. The number of anilines is 4. The van der Waals surface area contributed by atoms with Crippen molar-refractivity contribution in [2.75, 3.05) is 42.2 Å². The Hall–Kier alpha value is -5.89. The van der Waals surface area contributed by atoms with Gasteiger partial charge >= 0.3 is 6.01 Å². The van der Waals surface area contributed by atoms with E-state index in [1.807, 2.05) is 86.6 Å². The number of likely N-dealkylation sites (tertiary alicyclic amines) is 1. The Morgan fingerprint density at radius 2 is 1.94 bits per heavy atom. The lowest BCUT2D eigenvalue weighted by atomic mass is 10.1. The smallest absolute Gasteiger partial charge is 0.318 e. The van der Waals surface area contributed by atoms with Crippen LogP contribution < -0.4 is 20.3 Å². The molecule has 1 aliphatic heterocycles. The van der Waals surface area contributed by atoms with Crippen molar-refractivity contribution < 1.29 is 13.9 Å². The average molecular weight is 676 g/mol. The molecular formula is C36H38FN11O2. The summed E-state index contributed by atoms with van der Waals surface area (Å²) in [5, 5.41) is 11.6. The normalized spacial score (nSPS) is 14.6. The van der Waals surface area contributed by atoms with E-state index in [0.29, 0.717) is 43.5 Å². The zero-order chi connectivity index (χ0) is 34.8. The number of benzene rings is 2. The molecule has 14 heteroatoms. The summed E-state index contributed by atoms with van der Waals surface area (Å²) in [6.45, 7) is 5.80. The Balaban J connectivity index is 0.980. The van der Waals surface area contributed by atoms with Crippen molar-refractivity contribution in [3.05, 3.63) is 95.8 Å². The van der Waals surface area contributed by atoms with Gasteiger partial charge in [-0.05, 0) is 37.5 Å². The second-order valence-electron chi connectivity index (χ2n) is 12.6. The van der Waals surface area contributed by atoms with Crippen LogP contribution in [0.5, 0.6) is 6.01 Å². The number of H-pyrrole nitrogens is 1. The standard InChI is InChI=1S/C36H38FN11O2/c1-22-16-39-35(42-30-15-23(2)47(4)45-30)43-32(22)27-17-38-33-26(27)11-8-12-29(33)41-31(49)21-48-14-13-25(20-48)50-36-40-18-28(37)34(44-36)46(3)19-24-9-6-5-7-10-24/h5-12,15-18,25,38H,13-14,19-21H2,1-4H3,(H,41,49)(H,39,42,43,45)/t25-/m0/s1. The van der Waals surface area contributed by atoms with Gasteiger partial charge in [-0.1, -0.05) is 42.5 Å². The number of aromatic nitrogens is 7. The van der Waals surface area contributed by atoms with Crippen molar-refractivity contribution in [2.24, 2.45) is 7.05 Å². The number of nitrogens with one attached hydrogen (secondary N) is 3. The van der Waals surface area contributed by atoms with E-state index in [2.05, 4.69) is 35.7 Å². The molecule has 1 atom stereocenters. The monoisotopic (exact) mass is 675 g/mol. The number of hydrogen-bond acceptors (Lipinski definition) is 10. The molecule has 6 aromatic rings. The third-order valence-corrected chi connectivity index (χ3v) is 8.77. The number of ether oxygens (including phenoxy) is 1. The van der Waals surface area contributed by atoms with Gasteiger partial charge in [0.15, 0.2) is 17.5 Å². The van der Waals surface area contributed by atoms with E-state index >= 15 is 0 Å². The maximum atomic E-state index is 14.6. The first kappa shape index (κ1) is 32.6. The van der Waals surface area contributed by atoms with Gasteiger partial charge in [-0.15, -0.1) is 0 Å². The lowest BCUT2D eigenvalue weighted by Gasteiger charge is -2.20. The second-order valence-corrected chi connectivity index (χ2v) is 12.6. The summed E-state index contributed by atoms with van der Waals surface area (Å²) in [6.07, 6.45) is 5.27. The molecular weight excluding hydrogens is 637 g/mol. The number of aromatic amines is 1. The molecule has 256 valence electrons. The number of hydrogen-bond donors (Lipinski definition) is 3. The van der Waals surface area contributed by atoms with E-state index in [4.69, 9.17) is 9.72 Å². The zero-order valence-electron chi connectivity index (χ0n) is 28.3. The maximum absolute atomic E-state index is 14.6. The Labute approximate surface area is 288 Å². The predicted octanol–water partition coefficient (Wildman–Crippen LogP) is 5.38. The highest BCUT2D eigenvalue weighted by Crippen LogP contribution is 2.33. The van der Waals surface area contributed by atoms with Crippen LogP contribution in [0.4, 0.5) is 27.7 Å². The molecule has 2 aromatic carbocycles. The first-order chi connectivity index (χ1) is 24.2. The van der Waals surface area contributed by atoms with Crippen LogP contribution in [0.15, 0.2) is 73.2 Å². The van der Waals surface area contributed by atoms with Gasteiger partial charge in [0.05, 0.1) is 29.6 Å². The summed E-state index contributed by atoms with van der Waals surface area (Å²) in [4.78, 5) is 38.0. The van der Waals surface area contributed by atoms with Crippen LogP contribution in [0.1, 0.15) is 23.2 Å². The highest BCUT2D eigenvalue weighted by atomic mass is 19.1. The van der Waals surface area contributed by atoms with Crippen molar-refractivity contribution >= 4 is 40.1 Å². The molecule has 1 saturated heterocycles. The van der Waals surface area contributed by atoms with Crippen molar-refractivity contribution in [3.63, 3.8) is 0 Å². The highest BCUT2D eigenvalue weighted by molar-refractivity contribution is 6.06. The van der Waals surface area contributed by atoms with Crippen molar-refractivity contribution in [2.45, 2.75) is 32.9 Å². The minimum atomic E-state index is -0.519. The Morgan fingerprint density at radius 1 is 1.10 bits per heavy atom. The lowest BCUT2D eigenvalue weighted by Crippen LogP contribution is -2.33. The van der Waals surface area contributed by atoms with Crippen molar-refractivity contribution in [3.8, 4) is 17.3 Å². The third-order valence-electron chi connectivity index (χ3n) is 8.77. The average Bonchev–Trinajstić information content (AvgIpc) is 3.82. The van der Waals surface area contributed by atoms with E-state index in [-0.39, 0.29) is 30.4 Å². The molecule has 0 spiro atoms. The van der Waals surface area contributed by atoms with Gasteiger partial charge in [-0.3, -0.25) is 14.4 Å². The largest absolute Gasteiger partial charge is 0.459 e. The number of carbonyl (C=O) groups excluding carboxylic acids is 1. The molecule has 1 amide bonds. The zero-order valence-corrected chi connectivity index (χ0v) is 28.3. The number of carbonyl (C=O) groups is 1. The number of amides is 1. The van der Waals surface area contributed by atoms with Crippen LogP contribution in [0, 0.1) is 19.7 Å². The molecule has 0 saturated carbocycles. The van der Waals surface area contributed by atoms with E-state index in [1.165, 1.54) is 0 Å². The lowest BCUT2D eigenvalue weighted by molar-refractivity contribution is -0.117. The fourth-order valence-electron chi connectivity index (χ4n) is 6.14. The third kappa shape index (κ3) is 7.10. The molecule has 0 unspecified atom stereocenters. The number of aryl methyl sites for hydroxylation is 3. The number of fused-ring (bicyclic) bond motifs is 1. The molecule has 5 heterocycles. The summed E-state index contributed by atoms with van der Waals surface area (Å²) in [5.41, 5.74) is 6.10. The predicted molar refractivity (Wildman–Crippen MR) is 190 cm³/mol. The van der Waals surface area contributed by atoms with E-state index in [9.17, 15) is 9.18 Å². The van der Waals surface area contributed by atoms with Gasteiger partial charge in [0.1, 0.15) is 6.10 Å². The Morgan fingerprint density at radius 3 is 2.74 bits per heavy atom. The van der Waals surface area contributed by atoms with E-state index in [1.54, 1.807) is 22.8 Å². The van der Waals surface area contributed by atoms with Gasteiger partial charge < -0.3 is 25.3 Å². The number of para-hydroxylation sites is 1. The second kappa shape index (κ2) is 13.9. The molecule has 1 aliphatic rings. The van der Waals surface area contributed by atoms with E-state index in [0.717, 1.165) is 45.2 Å². The van der Waals surface area contributed by atoms with E-state index < -0.39 is 5.82 Å². The summed E-state index contributed by atoms with van der Waals surface area (Å²) in [7, 11) is 3.66. The topological polar surface area (TPSA) is 142 Å². The molecule has 4 aromatic heterocycles. The molecule has 0 aliphatic carbocycles. The van der Waals surface area contributed by atoms with Gasteiger partial charge in [-0.2, -0.15) is 10.1 Å². The number of nitrogens with zero attached hydrogens (tertiary/aromatic N) is 8. The summed E-state index contributed by atoms with van der Waals surface area (Å²) in [6, 6.07) is 17.6.